The molecule has 0 spiro atoms. The number of amidine groups is 1. The number of hydrogen-bond donors (Lipinski definition) is 3. The molecule has 4 rings (SSSR count). The van der Waals surface area contributed by atoms with Gasteiger partial charge < -0.3 is 10.1 Å². The molecule has 15 heteroatoms. The Morgan fingerprint density at radius 3 is 2.57 bits per heavy atom. The smallest absolute Gasteiger partial charge is 0.289 e. The van der Waals surface area contributed by atoms with Gasteiger partial charge >= 0.3 is 0 Å². The van der Waals surface area contributed by atoms with Crippen molar-refractivity contribution in [3.8, 4) is 0 Å². The van der Waals surface area contributed by atoms with E-state index in [1.54, 1.807) is 23.1 Å². The minimum absolute atomic E-state index is 0.0219. The summed E-state index contributed by atoms with van der Waals surface area (Å²) in [7, 11) is -3.08. The molecule has 3 N–H and O–H groups in total. The molecule has 0 aliphatic carbocycles. The molecule has 35 heavy (non-hydrogen) atoms. The van der Waals surface area contributed by atoms with E-state index in [9.17, 15) is 22.6 Å². The Morgan fingerprint density at radius 1 is 1.29 bits per heavy atom. The second-order valence-corrected chi connectivity index (χ2v) is 10.5. The van der Waals surface area contributed by atoms with Crippen molar-refractivity contribution in [3.05, 3.63) is 57.4 Å². The zero-order chi connectivity index (χ0) is 25.3. The number of carbonyl (C=O) groups is 2. The van der Waals surface area contributed by atoms with Crippen LogP contribution >= 0.6 is 22.9 Å². The van der Waals surface area contributed by atoms with Crippen LogP contribution < -0.4 is 15.1 Å². The van der Waals surface area contributed by atoms with Crippen LogP contribution in [0.1, 0.15) is 20.0 Å². The molecule has 1 aliphatic heterocycles. The summed E-state index contributed by atoms with van der Waals surface area (Å²) in [5.41, 5.74) is 0.680. The molecule has 3 heterocycles. The van der Waals surface area contributed by atoms with Crippen LogP contribution in [0.4, 0.5) is 17.2 Å². The molecular weight excluding hydrogens is 520 g/mol. The topological polar surface area (TPSA) is 158 Å². The van der Waals surface area contributed by atoms with Crippen molar-refractivity contribution in [2.24, 2.45) is 7.05 Å². The van der Waals surface area contributed by atoms with E-state index >= 15 is 0 Å². The zero-order valence-electron chi connectivity index (χ0n) is 18.1. The van der Waals surface area contributed by atoms with Gasteiger partial charge in [0.2, 0.25) is 0 Å². The van der Waals surface area contributed by atoms with Crippen LogP contribution in [0.25, 0.3) is 0 Å². The number of nitrogens with zero attached hydrogens (tertiary/aromatic N) is 4. The molecule has 1 aliphatic rings. The van der Waals surface area contributed by atoms with Crippen molar-refractivity contribution in [1.82, 2.24) is 9.78 Å². The van der Waals surface area contributed by atoms with Gasteiger partial charge in [-0.2, -0.15) is 13.5 Å². The van der Waals surface area contributed by atoms with E-state index in [4.69, 9.17) is 21.7 Å². The third-order valence-corrected chi connectivity index (χ3v) is 6.71. The number of anilines is 3. The lowest BCUT2D eigenvalue weighted by Gasteiger charge is -2.22. The van der Waals surface area contributed by atoms with Gasteiger partial charge in [0.1, 0.15) is 12.2 Å². The molecule has 0 atom stereocenters. The molecule has 3 aromatic rings. The Hall–Kier alpha value is -3.46. The number of ether oxygens (including phenoxy) is 1. The van der Waals surface area contributed by atoms with Crippen molar-refractivity contribution >= 4 is 68.1 Å². The second kappa shape index (κ2) is 9.65. The summed E-state index contributed by atoms with van der Waals surface area (Å²) in [6, 6.07) is 9.19. The van der Waals surface area contributed by atoms with Gasteiger partial charge in [-0.25, -0.2) is 0 Å². The number of rotatable bonds is 7. The van der Waals surface area contributed by atoms with E-state index < -0.39 is 27.8 Å². The summed E-state index contributed by atoms with van der Waals surface area (Å²) in [5, 5.41) is 14.4. The Morgan fingerprint density at radius 2 is 2.00 bits per heavy atom. The lowest BCUT2D eigenvalue weighted by atomic mass is 10.2. The quantitative estimate of drug-likeness (QED) is 0.387. The lowest BCUT2D eigenvalue weighted by Crippen LogP contribution is -2.36. The fourth-order valence-corrected chi connectivity index (χ4v) is 4.90. The summed E-state index contributed by atoms with van der Waals surface area (Å²) in [4.78, 5) is 28.7. The second-order valence-electron chi connectivity index (χ2n) is 7.39. The first kappa shape index (κ1) is 24.7. The molecule has 1 aromatic carbocycles. The maximum Gasteiger partial charge on any atom is 0.289 e. The predicted octanol–water partition coefficient (Wildman–Crippen LogP) is 2.65. The van der Waals surface area contributed by atoms with Gasteiger partial charge in [-0.05, 0) is 36.4 Å². The Balaban J connectivity index is 1.64. The van der Waals surface area contributed by atoms with Crippen LogP contribution in [-0.2, 0) is 21.9 Å². The van der Waals surface area contributed by atoms with Gasteiger partial charge in [0, 0.05) is 24.6 Å². The van der Waals surface area contributed by atoms with Crippen LogP contribution in [0.3, 0.4) is 0 Å². The van der Waals surface area contributed by atoms with Gasteiger partial charge in [-0.15, -0.1) is 11.3 Å². The molecular formula is C20H19ClN6O6S2. The van der Waals surface area contributed by atoms with Gasteiger partial charge in [-0.3, -0.25) is 34.0 Å². The lowest BCUT2D eigenvalue weighted by molar-refractivity contribution is 0.0991. The number of hydrogen-bond acceptors (Lipinski definition) is 8. The van der Waals surface area contributed by atoms with Crippen molar-refractivity contribution in [1.29, 1.82) is 5.41 Å². The van der Waals surface area contributed by atoms with Crippen molar-refractivity contribution in [2.75, 3.05) is 34.1 Å². The summed E-state index contributed by atoms with van der Waals surface area (Å²) >= 11 is 6.92. The number of thiophene rings is 1. The fourth-order valence-electron chi connectivity index (χ4n) is 3.37. The standard InChI is InChI=1S/C20H19ClN6O6S2/c1-25-10-14(17(24-25)23-18(28)15-6-7-16(21)34-15)19(29)27(11-35(30,31)32)13-4-2-12(3-5-13)26-8-9-33-20(26)22/h2-7,10,22H,8-9,11H2,1H3,(H,23,24,28)(H,30,31,32). The number of benzene rings is 1. The van der Waals surface area contributed by atoms with E-state index in [1.165, 1.54) is 36.1 Å². The summed E-state index contributed by atoms with van der Waals surface area (Å²) in [5.74, 6) is -2.49. The van der Waals surface area contributed by atoms with Crippen molar-refractivity contribution in [2.45, 2.75) is 0 Å². The summed E-state index contributed by atoms with van der Waals surface area (Å²) in [6.07, 6.45) is 1.33. The molecule has 0 saturated carbocycles. The van der Waals surface area contributed by atoms with E-state index in [1.807, 2.05) is 0 Å². The van der Waals surface area contributed by atoms with E-state index in [-0.39, 0.29) is 23.1 Å². The highest BCUT2D eigenvalue weighted by Crippen LogP contribution is 2.27. The number of carbonyl (C=O) groups excluding carboxylic acids is 2. The van der Waals surface area contributed by atoms with E-state index in [2.05, 4.69) is 10.4 Å². The maximum absolute atomic E-state index is 13.4. The Labute approximate surface area is 208 Å². The molecule has 1 saturated heterocycles. The number of nitrogens with one attached hydrogen (secondary N) is 2. The number of aromatic nitrogens is 2. The van der Waals surface area contributed by atoms with Crippen LogP contribution in [0.15, 0.2) is 42.6 Å². The number of aryl methyl sites for hydroxylation is 1. The third-order valence-electron chi connectivity index (χ3n) is 4.90. The van der Waals surface area contributed by atoms with Crippen LogP contribution in [0.2, 0.25) is 4.34 Å². The van der Waals surface area contributed by atoms with Crippen LogP contribution in [0.5, 0.6) is 0 Å². The predicted molar refractivity (Wildman–Crippen MR) is 131 cm³/mol. The minimum atomic E-state index is -4.62. The summed E-state index contributed by atoms with van der Waals surface area (Å²) < 4.78 is 39.8. The molecule has 0 bridgehead atoms. The first-order chi connectivity index (χ1) is 16.5. The number of halogens is 1. The van der Waals surface area contributed by atoms with Crippen molar-refractivity contribution in [3.63, 3.8) is 0 Å². The average Bonchev–Trinajstić information content (AvgIpc) is 3.51. The maximum atomic E-state index is 13.4. The largest absolute Gasteiger partial charge is 0.463 e. The minimum Gasteiger partial charge on any atom is -0.463 e. The molecule has 184 valence electrons. The van der Waals surface area contributed by atoms with Gasteiger partial charge in [0.15, 0.2) is 11.7 Å². The van der Waals surface area contributed by atoms with E-state index in [0.717, 1.165) is 16.2 Å². The highest BCUT2D eigenvalue weighted by molar-refractivity contribution is 7.85. The molecule has 2 aromatic heterocycles. The monoisotopic (exact) mass is 538 g/mol. The average molecular weight is 539 g/mol. The highest BCUT2D eigenvalue weighted by atomic mass is 35.5. The van der Waals surface area contributed by atoms with Gasteiger partial charge in [-0.1, -0.05) is 11.6 Å². The molecule has 0 radical (unpaired) electrons. The van der Waals surface area contributed by atoms with E-state index in [0.29, 0.717) is 28.1 Å². The molecule has 1 fully saturated rings. The molecule has 12 nitrogen and oxygen atoms in total. The number of amides is 2. The van der Waals surface area contributed by atoms with Crippen LogP contribution in [-0.4, -0.2) is 59.6 Å². The Kier molecular flexibility index (Phi) is 6.80. The fraction of sp³-hybridized carbons (Fsp3) is 0.200. The van der Waals surface area contributed by atoms with Gasteiger partial charge in [0.05, 0.1) is 15.8 Å². The van der Waals surface area contributed by atoms with Crippen molar-refractivity contribution < 1.29 is 27.3 Å². The normalized spacial score (nSPS) is 13.6. The summed E-state index contributed by atoms with van der Waals surface area (Å²) in [6.45, 7) is 0.834. The van der Waals surface area contributed by atoms with Crippen LogP contribution in [0, 0.1) is 5.41 Å². The molecule has 0 unspecified atom stereocenters. The molecule has 2 amide bonds. The SMILES string of the molecule is Cn1cc(C(=O)N(CS(=O)(=O)O)c2ccc(N3CCOC3=N)cc2)c(NC(=O)c2ccc(Cl)s2)n1. The zero-order valence-corrected chi connectivity index (χ0v) is 20.5. The third kappa shape index (κ3) is 5.62. The highest BCUT2D eigenvalue weighted by Gasteiger charge is 2.28. The first-order valence-corrected chi connectivity index (χ1v) is 12.8. The first-order valence-electron chi connectivity index (χ1n) is 9.98. The van der Waals surface area contributed by atoms with Gasteiger partial charge in [0.25, 0.3) is 28.0 Å². The Bertz CT molecular complexity index is 1400.